The van der Waals surface area contributed by atoms with E-state index in [-0.39, 0.29) is 0 Å². The van der Waals surface area contributed by atoms with E-state index in [1.54, 1.807) is 10.9 Å². The largest absolute Gasteiger partial charge is 0.310 e. The van der Waals surface area contributed by atoms with Crippen LogP contribution >= 0.6 is 15.9 Å². The zero-order valence-corrected chi connectivity index (χ0v) is 13.6. The second-order valence-electron chi connectivity index (χ2n) is 5.30. The molecular weight excluding hydrogens is 328 g/mol. The molecule has 2 heterocycles. The number of pyridine rings is 1. The molecule has 0 unspecified atom stereocenters. The summed E-state index contributed by atoms with van der Waals surface area (Å²) in [5.41, 5.74) is 2.22. The normalized spacial score (nSPS) is 11.4. The number of nitrogens with one attached hydrogen (secondary N) is 1. The predicted octanol–water partition coefficient (Wildman–Crippen LogP) is 3.68. The van der Waals surface area contributed by atoms with Gasteiger partial charge >= 0.3 is 0 Å². The standard InChI is InChI=1S/C16H17BrN4/c1-11(2)18-8-12-7-16(21-10-13(17)9-19-21)20-15-6-4-3-5-14(12)15/h3-7,9-11,18H,8H2,1-2H3. The Labute approximate surface area is 132 Å². The van der Waals surface area contributed by atoms with Gasteiger partial charge in [0.2, 0.25) is 0 Å². The van der Waals surface area contributed by atoms with Gasteiger partial charge in [0.25, 0.3) is 0 Å². The Hall–Kier alpha value is -1.72. The Bertz CT molecular complexity index is 764. The van der Waals surface area contributed by atoms with Gasteiger partial charge in [0.15, 0.2) is 5.82 Å². The molecule has 0 bridgehead atoms. The highest BCUT2D eigenvalue weighted by molar-refractivity contribution is 9.10. The number of hydrogen-bond donors (Lipinski definition) is 1. The molecule has 0 amide bonds. The van der Waals surface area contributed by atoms with Crippen LogP contribution in [-0.4, -0.2) is 20.8 Å². The van der Waals surface area contributed by atoms with E-state index in [0.29, 0.717) is 6.04 Å². The highest BCUT2D eigenvalue weighted by Crippen LogP contribution is 2.21. The zero-order valence-electron chi connectivity index (χ0n) is 12.0. The second kappa shape index (κ2) is 5.95. The summed E-state index contributed by atoms with van der Waals surface area (Å²) in [4.78, 5) is 4.70. The van der Waals surface area contributed by atoms with Gasteiger partial charge in [-0.3, -0.25) is 0 Å². The van der Waals surface area contributed by atoms with Crippen molar-refractivity contribution in [3.8, 4) is 5.82 Å². The Kier molecular flexibility index (Phi) is 4.03. The SMILES string of the molecule is CC(C)NCc1cc(-n2cc(Br)cn2)nc2ccccc12. The quantitative estimate of drug-likeness (QED) is 0.784. The fourth-order valence-corrected chi connectivity index (χ4v) is 2.52. The van der Waals surface area contributed by atoms with Gasteiger partial charge in [0.05, 0.1) is 16.2 Å². The third-order valence-electron chi connectivity index (χ3n) is 3.27. The minimum absolute atomic E-state index is 0.444. The van der Waals surface area contributed by atoms with Crippen LogP contribution in [-0.2, 0) is 6.54 Å². The lowest BCUT2D eigenvalue weighted by molar-refractivity contribution is 0.590. The number of fused-ring (bicyclic) bond motifs is 1. The number of para-hydroxylation sites is 1. The maximum Gasteiger partial charge on any atom is 0.154 e. The molecule has 1 N–H and O–H groups in total. The van der Waals surface area contributed by atoms with Gasteiger partial charge in [-0.2, -0.15) is 5.10 Å². The third-order valence-corrected chi connectivity index (χ3v) is 3.68. The van der Waals surface area contributed by atoms with Crippen molar-refractivity contribution in [1.82, 2.24) is 20.1 Å². The molecule has 4 nitrogen and oxygen atoms in total. The molecule has 0 saturated carbocycles. The molecule has 5 heteroatoms. The Morgan fingerprint density at radius 3 is 2.81 bits per heavy atom. The van der Waals surface area contributed by atoms with Crippen molar-refractivity contribution in [3.05, 3.63) is 52.8 Å². The molecule has 2 aromatic heterocycles. The van der Waals surface area contributed by atoms with Crippen LogP contribution in [0.4, 0.5) is 0 Å². The van der Waals surface area contributed by atoms with Gasteiger partial charge < -0.3 is 5.32 Å². The summed E-state index contributed by atoms with van der Waals surface area (Å²) in [6.07, 6.45) is 3.68. The van der Waals surface area contributed by atoms with Crippen molar-refractivity contribution in [2.24, 2.45) is 0 Å². The second-order valence-corrected chi connectivity index (χ2v) is 6.21. The summed E-state index contributed by atoms with van der Waals surface area (Å²) in [6.45, 7) is 5.11. The average Bonchev–Trinajstić information content (AvgIpc) is 2.91. The first-order valence-corrected chi connectivity index (χ1v) is 7.75. The number of rotatable bonds is 4. The molecule has 3 aromatic rings. The van der Waals surface area contributed by atoms with Crippen molar-refractivity contribution in [3.63, 3.8) is 0 Å². The van der Waals surface area contributed by atoms with Crippen LogP contribution in [0.25, 0.3) is 16.7 Å². The van der Waals surface area contributed by atoms with Gasteiger partial charge in [-0.05, 0) is 33.6 Å². The lowest BCUT2D eigenvalue weighted by Gasteiger charge is -2.12. The first kappa shape index (κ1) is 14.2. The first-order valence-electron chi connectivity index (χ1n) is 6.96. The molecule has 0 aliphatic heterocycles. The minimum atomic E-state index is 0.444. The predicted molar refractivity (Wildman–Crippen MR) is 88.5 cm³/mol. The Morgan fingerprint density at radius 2 is 2.10 bits per heavy atom. The van der Waals surface area contributed by atoms with E-state index in [2.05, 4.69) is 52.3 Å². The van der Waals surface area contributed by atoms with E-state index >= 15 is 0 Å². The fraction of sp³-hybridized carbons (Fsp3) is 0.250. The number of benzene rings is 1. The summed E-state index contributed by atoms with van der Waals surface area (Å²) in [7, 11) is 0. The van der Waals surface area contributed by atoms with Gasteiger partial charge in [-0.25, -0.2) is 9.67 Å². The molecule has 108 valence electrons. The minimum Gasteiger partial charge on any atom is -0.310 e. The van der Waals surface area contributed by atoms with E-state index in [0.717, 1.165) is 22.4 Å². The highest BCUT2D eigenvalue weighted by atomic mass is 79.9. The average molecular weight is 345 g/mol. The van der Waals surface area contributed by atoms with Crippen LogP contribution in [0, 0.1) is 0 Å². The van der Waals surface area contributed by atoms with E-state index in [1.165, 1.54) is 10.9 Å². The Morgan fingerprint density at radius 1 is 1.29 bits per heavy atom. The lowest BCUT2D eigenvalue weighted by Crippen LogP contribution is -2.22. The fourth-order valence-electron chi connectivity index (χ4n) is 2.24. The molecule has 0 atom stereocenters. The monoisotopic (exact) mass is 344 g/mol. The number of nitrogens with zero attached hydrogens (tertiary/aromatic N) is 3. The molecule has 0 fully saturated rings. The van der Waals surface area contributed by atoms with Crippen molar-refractivity contribution in [1.29, 1.82) is 0 Å². The van der Waals surface area contributed by atoms with Crippen LogP contribution < -0.4 is 5.32 Å². The van der Waals surface area contributed by atoms with Crippen LogP contribution in [0.1, 0.15) is 19.4 Å². The maximum atomic E-state index is 4.70. The molecule has 0 aliphatic carbocycles. The highest BCUT2D eigenvalue weighted by Gasteiger charge is 2.08. The van der Waals surface area contributed by atoms with Gasteiger partial charge in [0, 0.05) is 24.2 Å². The molecular formula is C16H17BrN4. The smallest absolute Gasteiger partial charge is 0.154 e. The summed E-state index contributed by atoms with van der Waals surface area (Å²) in [5, 5.41) is 8.97. The number of aromatic nitrogens is 3. The molecule has 21 heavy (non-hydrogen) atoms. The maximum absolute atomic E-state index is 4.70. The van der Waals surface area contributed by atoms with E-state index in [4.69, 9.17) is 4.98 Å². The van der Waals surface area contributed by atoms with Gasteiger partial charge in [-0.1, -0.05) is 32.0 Å². The van der Waals surface area contributed by atoms with Crippen molar-refractivity contribution >= 4 is 26.8 Å². The molecule has 0 spiro atoms. The van der Waals surface area contributed by atoms with Crippen molar-refractivity contribution in [2.45, 2.75) is 26.4 Å². The molecule has 0 radical (unpaired) electrons. The first-order chi connectivity index (χ1) is 10.1. The van der Waals surface area contributed by atoms with Crippen molar-refractivity contribution < 1.29 is 0 Å². The van der Waals surface area contributed by atoms with E-state index < -0.39 is 0 Å². The number of halogens is 1. The van der Waals surface area contributed by atoms with Crippen LogP contribution in [0.15, 0.2) is 47.2 Å². The Balaban J connectivity index is 2.10. The van der Waals surface area contributed by atoms with Gasteiger partial charge in [-0.15, -0.1) is 0 Å². The molecule has 0 saturated heterocycles. The molecule has 0 aliphatic rings. The lowest BCUT2D eigenvalue weighted by atomic mass is 10.1. The molecule has 1 aromatic carbocycles. The zero-order chi connectivity index (χ0) is 14.8. The van der Waals surface area contributed by atoms with E-state index in [1.807, 2.05) is 24.4 Å². The van der Waals surface area contributed by atoms with Crippen LogP contribution in [0.2, 0.25) is 0 Å². The van der Waals surface area contributed by atoms with E-state index in [9.17, 15) is 0 Å². The third kappa shape index (κ3) is 3.14. The number of hydrogen-bond acceptors (Lipinski definition) is 3. The topological polar surface area (TPSA) is 42.7 Å². The molecule has 3 rings (SSSR count). The summed E-state index contributed by atoms with van der Waals surface area (Å²) >= 11 is 3.42. The van der Waals surface area contributed by atoms with Gasteiger partial charge in [0.1, 0.15) is 0 Å². The summed E-state index contributed by atoms with van der Waals surface area (Å²) in [6, 6.07) is 10.7. The van der Waals surface area contributed by atoms with Crippen molar-refractivity contribution in [2.75, 3.05) is 0 Å². The summed E-state index contributed by atoms with van der Waals surface area (Å²) in [5.74, 6) is 0.833. The summed E-state index contributed by atoms with van der Waals surface area (Å²) < 4.78 is 2.73. The van der Waals surface area contributed by atoms with Crippen LogP contribution in [0.5, 0.6) is 0 Å². The van der Waals surface area contributed by atoms with Crippen LogP contribution in [0.3, 0.4) is 0 Å².